The molecule has 3 atom stereocenters. The first kappa shape index (κ1) is 10.3. The topological polar surface area (TPSA) is 41.1 Å². The zero-order valence-electron chi connectivity index (χ0n) is 8.96. The van der Waals surface area contributed by atoms with E-state index in [1.807, 2.05) is 11.8 Å². The minimum Gasteiger partial charge on any atom is -0.350 e. The normalized spacial score (nSPS) is 37.9. The number of nitrogens with one attached hydrogen (secondary N) is 2. The van der Waals surface area contributed by atoms with Crippen LogP contribution in [0.5, 0.6) is 0 Å². The maximum Gasteiger partial charge on any atom is 0.234 e. The third-order valence-corrected chi connectivity index (χ3v) is 4.83. The van der Waals surface area contributed by atoms with Crippen molar-refractivity contribution >= 4 is 17.7 Å². The first-order valence-corrected chi connectivity index (χ1v) is 6.18. The van der Waals surface area contributed by atoms with Crippen molar-refractivity contribution in [3.63, 3.8) is 0 Å². The van der Waals surface area contributed by atoms with E-state index in [1.165, 1.54) is 0 Å². The molecule has 0 bridgehead atoms. The summed E-state index contributed by atoms with van der Waals surface area (Å²) in [4.78, 5) is 11.3. The molecule has 2 N–H and O–H groups in total. The van der Waals surface area contributed by atoms with Crippen LogP contribution in [0.25, 0.3) is 0 Å². The molecule has 2 fully saturated rings. The summed E-state index contributed by atoms with van der Waals surface area (Å²) in [5, 5.41) is 6.94. The Hall–Kier alpha value is -0.220. The second-order valence-corrected chi connectivity index (χ2v) is 6.38. The Morgan fingerprint density at radius 2 is 2.14 bits per heavy atom. The highest BCUT2D eigenvalue weighted by atomic mass is 32.2. The molecule has 0 unspecified atom stereocenters. The molecular weight excluding hydrogens is 196 g/mol. The molecule has 0 saturated carbocycles. The van der Waals surface area contributed by atoms with Gasteiger partial charge >= 0.3 is 0 Å². The van der Waals surface area contributed by atoms with Crippen LogP contribution in [0, 0.1) is 5.41 Å². The van der Waals surface area contributed by atoms with Gasteiger partial charge in [-0.25, -0.2) is 0 Å². The molecule has 0 aromatic rings. The fourth-order valence-electron chi connectivity index (χ4n) is 2.24. The maximum absolute atomic E-state index is 11.3. The molecular formula is C10H18N2OS. The van der Waals surface area contributed by atoms with E-state index in [-0.39, 0.29) is 11.3 Å². The van der Waals surface area contributed by atoms with Crippen LogP contribution in [0.4, 0.5) is 0 Å². The third-order valence-electron chi connectivity index (χ3n) is 2.92. The largest absolute Gasteiger partial charge is 0.350 e. The lowest BCUT2D eigenvalue weighted by atomic mass is 9.84. The lowest BCUT2D eigenvalue weighted by Crippen LogP contribution is -2.61. The Kier molecular flexibility index (Phi) is 2.52. The highest BCUT2D eigenvalue weighted by Crippen LogP contribution is 2.40. The number of carbonyl (C=O) groups is 1. The Morgan fingerprint density at radius 3 is 2.79 bits per heavy atom. The Bertz CT molecular complexity index is 249. The van der Waals surface area contributed by atoms with E-state index in [9.17, 15) is 4.79 Å². The van der Waals surface area contributed by atoms with Crippen LogP contribution in [-0.4, -0.2) is 35.5 Å². The Morgan fingerprint density at radius 1 is 1.43 bits per heavy atom. The lowest BCUT2D eigenvalue weighted by Gasteiger charge is -2.36. The predicted molar refractivity (Wildman–Crippen MR) is 59.4 cm³/mol. The molecule has 14 heavy (non-hydrogen) atoms. The summed E-state index contributed by atoms with van der Waals surface area (Å²) in [5.74, 6) is 1.26. The molecule has 0 aromatic heterocycles. The lowest BCUT2D eigenvalue weighted by molar-refractivity contribution is -0.122. The van der Waals surface area contributed by atoms with Gasteiger partial charge in [0.2, 0.25) is 5.91 Å². The van der Waals surface area contributed by atoms with Crippen molar-refractivity contribution in [2.24, 2.45) is 5.41 Å². The number of rotatable bonds is 0. The average molecular weight is 214 g/mol. The van der Waals surface area contributed by atoms with Gasteiger partial charge in [0.25, 0.3) is 0 Å². The molecule has 2 heterocycles. The fraction of sp³-hybridized carbons (Fsp3) is 0.900. The summed E-state index contributed by atoms with van der Waals surface area (Å²) in [6.45, 7) is 7.22. The van der Waals surface area contributed by atoms with Crippen molar-refractivity contribution < 1.29 is 4.79 Å². The van der Waals surface area contributed by atoms with Crippen molar-refractivity contribution in [1.29, 1.82) is 0 Å². The maximum atomic E-state index is 11.3. The number of amides is 1. The first-order valence-electron chi connectivity index (χ1n) is 5.13. The molecule has 0 radical (unpaired) electrons. The summed E-state index contributed by atoms with van der Waals surface area (Å²) < 4.78 is 0. The van der Waals surface area contributed by atoms with E-state index in [1.54, 1.807) is 0 Å². The van der Waals surface area contributed by atoms with Crippen LogP contribution in [0.2, 0.25) is 0 Å². The summed E-state index contributed by atoms with van der Waals surface area (Å²) in [7, 11) is 0. The van der Waals surface area contributed by atoms with E-state index in [4.69, 9.17) is 0 Å². The van der Waals surface area contributed by atoms with E-state index in [2.05, 4.69) is 31.4 Å². The SMILES string of the molecule is CC(C)(C)[C@@H]1SC[C@@H]2NCC(=O)N[C@@H]21. The molecule has 0 spiro atoms. The van der Waals surface area contributed by atoms with Gasteiger partial charge in [0, 0.05) is 17.0 Å². The van der Waals surface area contributed by atoms with Crippen LogP contribution in [-0.2, 0) is 4.79 Å². The van der Waals surface area contributed by atoms with Crippen molar-refractivity contribution in [3.05, 3.63) is 0 Å². The summed E-state index contributed by atoms with van der Waals surface area (Å²) in [5.41, 5.74) is 0.260. The van der Waals surface area contributed by atoms with Crippen LogP contribution in [0.15, 0.2) is 0 Å². The molecule has 3 nitrogen and oxygen atoms in total. The highest BCUT2D eigenvalue weighted by Gasteiger charge is 2.45. The van der Waals surface area contributed by atoms with Gasteiger partial charge < -0.3 is 10.6 Å². The van der Waals surface area contributed by atoms with Gasteiger partial charge in [-0.15, -0.1) is 0 Å². The molecule has 0 aromatic carbocycles. The second kappa shape index (κ2) is 3.42. The van der Waals surface area contributed by atoms with Gasteiger partial charge in [-0.2, -0.15) is 11.8 Å². The zero-order valence-corrected chi connectivity index (χ0v) is 9.78. The third kappa shape index (κ3) is 1.77. The van der Waals surface area contributed by atoms with Gasteiger partial charge in [0.05, 0.1) is 12.6 Å². The van der Waals surface area contributed by atoms with Crippen molar-refractivity contribution in [1.82, 2.24) is 10.6 Å². The van der Waals surface area contributed by atoms with Crippen LogP contribution in [0.1, 0.15) is 20.8 Å². The Balaban J connectivity index is 2.12. The van der Waals surface area contributed by atoms with Crippen LogP contribution >= 0.6 is 11.8 Å². The second-order valence-electron chi connectivity index (χ2n) is 5.20. The molecule has 2 aliphatic rings. The van der Waals surface area contributed by atoms with Crippen molar-refractivity contribution in [2.75, 3.05) is 12.3 Å². The van der Waals surface area contributed by atoms with Crippen molar-refractivity contribution in [3.8, 4) is 0 Å². The van der Waals surface area contributed by atoms with Gasteiger partial charge in [-0.05, 0) is 5.41 Å². The van der Waals surface area contributed by atoms with E-state index < -0.39 is 0 Å². The van der Waals surface area contributed by atoms with Crippen LogP contribution in [0.3, 0.4) is 0 Å². The van der Waals surface area contributed by atoms with Gasteiger partial charge in [0.15, 0.2) is 0 Å². The monoisotopic (exact) mass is 214 g/mol. The van der Waals surface area contributed by atoms with E-state index in [0.717, 1.165) is 5.75 Å². The summed E-state index contributed by atoms with van der Waals surface area (Å²) in [6, 6.07) is 0.795. The zero-order chi connectivity index (χ0) is 10.3. The highest BCUT2D eigenvalue weighted by molar-refractivity contribution is 8.00. The number of hydrogen-bond acceptors (Lipinski definition) is 3. The molecule has 4 heteroatoms. The summed E-state index contributed by atoms with van der Waals surface area (Å²) >= 11 is 1.98. The average Bonchev–Trinajstić information content (AvgIpc) is 2.45. The minimum absolute atomic E-state index is 0.142. The van der Waals surface area contributed by atoms with E-state index >= 15 is 0 Å². The molecule has 0 aliphatic carbocycles. The van der Waals surface area contributed by atoms with Crippen molar-refractivity contribution in [2.45, 2.75) is 38.1 Å². The first-order chi connectivity index (χ1) is 6.48. The molecule has 80 valence electrons. The van der Waals surface area contributed by atoms with Gasteiger partial charge in [-0.1, -0.05) is 20.8 Å². The van der Waals surface area contributed by atoms with E-state index in [0.29, 0.717) is 23.9 Å². The molecule has 2 rings (SSSR count). The predicted octanol–water partition coefficient (Wildman–Crippen LogP) is 0.604. The number of piperazine rings is 1. The standard InChI is InChI=1S/C10H18N2OS/c1-10(2,3)9-8-6(5-14-9)11-4-7(13)12-8/h6,8-9,11H,4-5H2,1-3H3,(H,12,13)/t6-,8-,9+/m0/s1. The Labute approximate surface area is 89.4 Å². The number of fused-ring (bicyclic) bond motifs is 1. The molecule has 2 saturated heterocycles. The molecule has 2 aliphatic heterocycles. The molecule has 1 amide bonds. The quantitative estimate of drug-likeness (QED) is 0.620. The van der Waals surface area contributed by atoms with Gasteiger partial charge in [0.1, 0.15) is 0 Å². The number of carbonyl (C=O) groups excluding carboxylic acids is 1. The fourth-order valence-corrected chi connectivity index (χ4v) is 3.94. The van der Waals surface area contributed by atoms with Crippen LogP contribution < -0.4 is 10.6 Å². The minimum atomic E-state index is 0.142. The number of hydrogen-bond donors (Lipinski definition) is 2. The smallest absolute Gasteiger partial charge is 0.234 e. The van der Waals surface area contributed by atoms with Gasteiger partial charge in [-0.3, -0.25) is 4.79 Å². The number of thioether (sulfide) groups is 1. The summed E-state index contributed by atoms with van der Waals surface area (Å²) in [6.07, 6.45) is 0.